The fourth-order valence-electron chi connectivity index (χ4n) is 2.58. The van der Waals surface area contributed by atoms with Crippen LogP contribution in [0.1, 0.15) is 15.2 Å². The molecule has 0 saturated carbocycles. The van der Waals surface area contributed by atoms with Gasteiger partial charge in [-0.15, -0.1) is 34.9 Å². The quantitative estimate of drug-likeness (QED) is 0.506. The molecule has 0 spiro atoms. The first-order valence-electron chi connectivity index (χ1n) is 8.05. The van der Waals surface area contributed by atoms with Gasteiger partial charge in [0.05, 0.1) is 10.3 Å². The largest absolute Gasteiger partial charge is 0.486 e. The highest BCUT2D eigenvalue weighted by Crippen LogP contribution is 2.45. The molecule has 1 aliphatic rings. The maximum Gasteiger partial charge on any atom is 0.159 e. The Bertz CT molecular complexity index is 892. The number of thioether (sulfide) groups is 2. The van der Waals surface area contributed by atoms with Crippen molar-refractivity contribution in [2.24, 2.45) is 0 Å². The van der Waals surface area contributed by atoms with Gasteiger partial charge in [0.1, 0.15) is 17.4 Å². The van der Waals surface area contributed by atoms with Crippen LogP contribution in [-0.4, -0.2) is 16.5 Å². The molecule has 0 N–H and O–H groups in total. The highest BCUT2D eigenvalue weighted by atomic mass is 32.2. The monoisotopic (exact) mass is 407 g/mol. The molecule has 2 nitrogen and oxygen atoms in total. The first-order chi connectivity index (χ1) is 12.7. The Kier molecular flexibility index (Phi) is 5.47. The molecule has 4 rings (SSSR count). The summed E-state index contributed by atoms with van der Waals surface area (Å²) in [6.07, 6.45) is 0. The Morgan fingerprint density at radius 3 is 2.50 bits per heavy atom. The lowest BCUT2D eigenvalue weighted by molar-refractivity contribution is 0.305. The van der Waals surface area contributed by atoms with E-state index in [2.05, 4.69) is 17.1 Å². The summed E-state index contributed by atoms with van der Waals surface area (Å²) in [4.78, 5) is 4.44. The molecule has 2 aromatic carbocycles. The summed E-state index contributed by atoms with van der Waals surface area (Å²) in [6, 6.07) is 12.0. The molecule has 1 aromatic heterocycles. The summed E-state index contributed by atoms with van der Waals surface area (Å²) in [5.41, 5.74) is 2.50. The molecule has 0 radical (unpaired) electrons. The SMILES string of the molecule is Fc1ccc(-c2csc(COc3ccc(C4SCCS4)cc3)n2)cc1F. The van der Waals surface area contributed by atoms with E-state index in [9.17, 15) is 8.78 Å². The van der Waals surface area contributed by atoms with E-state index in [1.54, 1.807) is 0 Å². The van der Waals surface area contributed by atoms with E-state index in [1.807, 2.05) is 41.0 Å². The lowest BCUT2D eigenvalue weighted by atomic mass is 10.2. The maximum atomic E-state index is 13.4. The molecular formula is C19H15F2NOS3. The second kappa shape index (κ2) is 7.98. The summed E-state index contributed by atoms with van der Waals surface area (Å²) < 4.78 is 32.7. The summed E-state index contributed by atoms with van der Waals surface area (Å²) in [7, 11) is 0. The average molecular weight is 408 g/mol. The van der Waals surface area contributed by atoms with Crippen molar-refractivity contribution in [3.63, 3.8) is 0 Å². The first-order valence-corrected chi connectivity index (χ1v) is 11.0. The molecule has 0 atom stereocenters. The number of aromatic nitrogens is 1. The minimum Gasteiger partial charge on any atom is -0.486 e. The summed E-state index contributed by atoms with van der Waals surface area (Å²) in [6.45, 7) is 0.348. The van der Waals surface area contributed by atoms with Crippen LogP contribution in [-0.2, 0) is 6.61 Å². The van der Waals surface area contributed by atoms with Crippen molar-refractivity contribution in [1.82, 2.24) is 4.98 Å². The van der Waals surface area contributed by atoms with Gasteiger partial charge in [0.15, 0.2) is 11.6 Å². The van der Waals surface area contributed by atoms with E-state index in [0.29, 0.717) is 22.4 Å². The molecule has 0 bridgehead atoms. The van der Waals surface area contributed by atoms with E-state index >= 15 is 0 Å². The molecule has 2 heterocycles. The minimum atomic E-state index is -0.869. The molecule has 1 saturated heterocycles. The number of benzene rings is 2. The van der Waals surface area contributed by atoms with Gasteiger partial charge in [-0.2, -0.15) is 0 Å². The van der Waals surface area contributed by atoms with Gasteiger partial charge in [0, 0.05) is 22.4 Å². The maximum absolute atomic E-state index is 13.4. The van der Waals surface area contributed by atoms with Crippen molar-refractivity contribution in [2.75, 3.05) is 11.5 Å². The molecule has 26 heavy (non-hydrogen) atoms. The third-order valence-corrected chi connectivity index (χ3v) is 7.83. The van der Waals surface area contributed by atoms with Gasteiger partial charge in [-0.05, 0) is 35.9 Å². The van der Waals surface area contributed by atoms with Crippen LogP contribution >= 0.6 is 34.9 Å². The predicted octanol–water partition coefficient (Wildman–Crippen LogP) is 6.15. The Balaban J connectivity index is 1.39. The van der Waals surface area contributed by atoms with Gasteiger partial charge >= 0.3 is 0 Å². The van der Waals surface area contributed by atoms with Crippen molar-refractivity contribution in [1.29, 1.82) is 0 Å². The molecule has 0 aliphatic carbocycles. The topological polar surface area (TPSA) is 22.1 Å². The zero-order valence-electron chi connectivity index (χ0n) is 13.7. The van der Waals surface area contributed by atoms with Gasteiger partial charge < -0.3 is 4.74 Å². The highest BCUT2D eigenvalue weighted by Gasteiger charge is 2.18. The van der Waals surface area contributed by atoms with Crippen LogP contribution in [0.25, 0.3) is 11.3 Å². The molecule has 7 heteroatoms. The molecule has 0 unspecified atom stereocenters. The van der Waals surface area contributed by atoms with Crippen molar-refractivity contribution < 1.29 is 13.5 Å². The van der Waals surface area contributed by atoms with Crippen LogP contribution in [0.2, 0.25) is 0 Å². The second-order valence-electron chi connectivity index (χ2n) is 5.69. The lowest BCUT2D eigenvalue weighted by Crippen LogP contribution is -1.95. The smallest absolute Gasteiger partial charge is 0.159 e. The third kappa shape index (κ3) is 4.05. The third-order valence-electron chi connectivity index (χ3n) is 3.90. The number of halogens is 2. The zero-order chi connectivity index (χ0) is 17.9. The van der Waals surface area contributed by atoms with Gasteiger partial charge in [-0.25, -0.2) is 13.8 Å². The van der Waals surface area contributed by atoms with Crippen LogP contribution in [0.3, 0.4) is 0 Å². The van der Waals surface area contributed by atoms with Gasteiger partial charge in [0.25, 0.3) is 0 Å². The van der Waals surface area contributed by atoms with E-state index < -0.39 is 11.6 Å². The lowest BCUT2D eigenvalue weighted by Gasteiger charge is -2.09. The molecular weight excluding hydrogens is 392 g/mol. The summed E-state index contributed by atoms with van der Waals surface area (Å²) in [5, 5.41) is 2.61. The highest BCUT2D eigenvalue weighted by molar-refractivity contribution is 8.19. The number of hydrogen-bond acceptors (Lipinski definition) is 5. The van der Waals surface area contributed by atoms with Gasteiger partial charge in [-0.1, -0.05) is 12.1 Å². The van der Waals surface area contributed by atoms with Crippen LogP contribution in [0.5, 0.6) is 5.75 Å². The van der Waals surface area contributed by atoms with Crippen molar-refractivity contribution in [3.05, 3.63) is 70.1 Å². The summed E-state index contributed by atoms with van der Waals surface area (Å²) >= 11 is 5.39. The number of hydrogen-bond donors (Lipinski definition) is 0. The van der Waals surface area contributed by atoms with E-state index in [-0.39, 0.29) is 0 Å². The number of ether oxygens (including phenoxy) is 1. The molecule has 0 amide bonds. The second-order valence-corrected chi connectivity index (χ2v) is 9.35. The van der Waals surface area contributed by atoms with Crippen LogP contribution < -0.4 is 4.74 Å². The van der Waals surface area contributed by atoms with E-state index in [4.69, 9.17) is 4.74 Å². The fraction of sp³-hybridized carbons (Fsp3) is 0.211. The first kappa shape index (κ1) is 17.8. The standard InChI is InChI=1S/C19H15F2NOS3/c20-15-6-3-13(9-16(15)21)17-11-26-18(22-17)10-23-14-4-1-12(2-5-14)19-24-7-8-25-19/h1-6,9,11,19H,7-8,10H2. The van der Waals surface area contributed by atoms with Crippen LogP contribution in [0, 0.1) is 11.6 Å². The van der Waals surface area contributed by atoms with Crippen LogP contribution in [0.15, 0.2) is 47.8 Å². The van der Waals surface area contributed by atoms with Crippen molar-refractivity contribution in [3.8, 4) is 17.0 Å². The Morgan fingerprint density at radius 2 is 1.77 bits per heavy atom. The Morgan fingerprint density at radius 1 is 1.00 bits per heavy atom. The Labute approximate surface area is 163 Å². The molecule has 1 fully saturated rings. The van der Waals surface area contributed by atoms with Crippen molar-refractivity contribution >= 4 is 34.9 Å². The normalized spacial score (nSPS) is 14.7. The number of nitrogens with zero attached hydrogens (tertiary/aromatic N) is 1. The Hall–Kier alpha value is -1.57. The summed E-state index contributed by atoms with van der Waals surface area (Å²) in [5.74, 6) is 1.49. The predicted molar refractivity (Wildman–Crippen MR) is 106 cm³/mol. The van der Waals surface area contributed by atoms with Crippen molar-refractivity contribution in [2.45, 2.75) is 11.2 Å². The van der Waals surface area contributed by atoms with E-state index in [0.717, 1.165) is 22.9 Å². The number of thiazole rings is 1. The molecule has 134 valence electrons. The molecule has 3 aromatic rings. The fourth-order valence-corrected chi connectivity index (χ4v) is 6.16. The molecule has 1 aliphatic heterocycles. The van der Waals surface area contributed by atoms with E-state index in [1.165, 1.54) is 34.5 Å². The van der Waals surface area contributed by atoms with Gasteiger partial charge in [0.2, 0.25) is 0 Å². The zero-order valence-corrected chi connectivity index (χ0v) is 16.1. The minimum absolute atomic E-state index is 0.348. The van der Waals surface area contributed by atoms with Crippen LogP contribution in [0.4, 0.5) is 8.78 Å². The van der Waals surface area contributed by atoms with Gasteiger partial charge in [-0.3, -0.25) is 0 Å². The average Bonchev–Trinajstić information content (AvgIpc) is 3.35. The number of rotatable bonds is 5.